The molecule has 0 atom stereocenters. The van der Waals surface area contributed by atoms with Crippen molar-refractivity contribution in [1.82, 2.24) is 0 Å². The van der Waals surface area contributed by atoms with Gasteiger partial charge in [0.1, 0.15) is 0 Å². The van der Waals surface area contributed by atoms with Crippen LogP contribution >= 0.6 is 0 Å². The van der Waals surface area contributed by atoms with Crippen molar-refractivity contribution in [3.63, 3.8) is 0 Å². The molecule has 0 aliphatic carbocycles. The summed E-state index contributed by atoms with van der Waals surface area (Å²) >= 11 is 0. The molecule has 2 aromatic carbocycles. The van der Waals surface area contributed by atoms with Crippen molar-refractivity contribution in [3.05, 3.63) is 48.0 Å². The molecule has 0 aromatic heterocycles. The maximum absolute atomic E-state index is 5.86. The Bertz CT molecular complexity index is 506. The predicted molar refractivity (Wildman–Crippen MR) is 69.7 cm³/mol. The lowest BCUT2D eigenvalue weighted by molar-refractivity contribution is 1.45. The van der Waals surface area contributed by atoms with Crippen LogP contribution < -0.4 is 16.8 Å². The van der Waals surface area contributed by atoms with E-state index in [1.165, 1.54) is 5.56 Å². The summed E-state index contributed by atoms with van der Waals surface area (Å²) in [6, 6.07) is 13.6. The molecule has 3 nitrogen and oxygen atoms in total. The first-order valence-corrected chi connectivity index (χ1v) is 5.14. The average molecular weight is 213 g/mol. The Morgan fingerprint density at radius 2 is 1.81 bits per heavy atom. The molecular weight excluding hydrogens is 198 g/mol. The van der Waals surface area contributed by atoms with Crippen molar-refractivity contribution >= 4 is 22.7 Å². The first-order chi connectivity index (χ1) is 7.65. The zero-order chi connectivity index (χ0) is 11.5. The molecule has 16 heavy (non-hydrogen) atoms. The molecule has 0 fully saturated rings. The number of anilines is 4. The van der Waals surface area contributed by atoms with Crippen LogP contribution in [0.2, 0.25) is 0 Å². The molecule has 0 spiro atoms. The summed E-state index contributed by atoms with van der Waals surface area (Å²) in [5, 5.41) is 3.26. The second kappa shape index (κ2) is 4.14. The van der Waals surface area contributed by atoms with Gasteiger partial charge in [0.05, 0.1) is 11.4 Å². The topological polar surface area (TPSA) is 64.1 Å². The van der Waals surface area contributed by atoms with Gasteiger partial charge in [-0.1, -0.05) is 12.1 Å². The number of hydrogen-bond acceptors (Lipinski definition) is 3. The Morgan fingerprint density at radius 3 is 2.50 bits per heavy atom. The van der Waals surface area contributed by atoms with Crippen LogP contribution in [-0.2, 0) is 0 Å². The number of hydrogen-bond donors (Lipinski definition) is 3. The maximum Gasteiger partial charge on any atom is 0.0619 e. The van der Waals surface area contributed by atoms with Gasteiger partial charge in [0, 0.05) is 11.4 Å². The molecule has 5 N–H and O–H groups in total. The lowest BCUT2D eigenvalue weighted by atomic mass is 10.2. The standard InChI is InChI=1S/C13H15N3/c1-9-3-2-4-11(7-9)16-13-6-5-10(14)8-12(13)15/h2-8,16H,14-15H2,1H3. The number of aryl methyl sites for hydroxylation is 1. The van der Waals surface area contributed by atoms with Crippen molar-refractivity contribution in [2.24, 2.45) is 0 Å². The number of nitrogens with two attached hydrogens (primary N) is 2. The molecule has 82 valence electrons. The molecule has 0 amide bonds. The maximum atomic E-state index is 5.86. The highest BCUT2D eigenvalue weighted by atomic mass is 14.9. The van der Waals surface area contributed by atoms with E-state index in [2.05, 4.69) is 24.4 Å². The van der Waals surface area contributed by atoms with E-state index >= 15 is 0 Å². The molecule has 0 aliphatic rings. The summed E-state index contributed by atoms with van der Waals surface area (Å²) in [7, 11) is 0. The number of nitrogen functional groups attached to an aromatic ring is 2. The summed E-state index contributed by atoms with van der Waals surface area (Å²) in [5.41, 5.74) is 15.9. The van der Waals surface area contributed by atoms with E-state index in [1.807, 2.05) is 24.3 Å². The lowest BCUT2D eigenvalue weighted by Gasteiger charge is -2.10. The third-order valence-electron chi connectivity index (χ3n) is 2.37. The van der Waals surface area contributed by atoms with E-state index in [4.69, 9.17) is 11.5 Å². The molecule has 0 bridgehead atoms. The van der Waals surface area contributed by atoms with Gasteiger partial charge >= 0.3 is 0 Å². The van der Waals surface area contributed by atoms with E-state index in [-0.39, 0.29) is 0 Å². The minimum absolute atomic E-state index is 0.654. The van der Waals surface area contributed by atoms with Crippen LogP contribution in [0.15, 0.2) is 42.5 Å². The SMILES string of the molecule is Cc1cccc(Nc2ccc(N)cc2N)c1. The number of nitrogens with one attached hydrogen (secondary N) is 1. The molecule has 0 aliphatic heterocycles. The third-order valence-corrected chi connectivity index (χ3v) is 2.37. The quantitative estimate of drug-likeness (QED) is 0.672. The van der Waals surface area contributed by atoms with E-state index in [0.29, 0.717) is 11.4 Å². The summed E-state index contributed by atoms with van der Waals surface area (Å²) in [6.07, 6.45) is 0. The molecule has 0 unspecified atom stereocenters. The van der Waals surface area contributed by atoms with Crippen LogP contribution in [0.1, 0.15) is 5.56 Å². The van der Waals surface area contributed by atoms with Gasteiger partial charge in [0.15, 0.2) is 0 Å². The molecule has 2 rings (SSSR count). The molecule has 0 radical (unpaired) electrons. The molecule has 0 saturated heterocycles. The fraction of sp³-hybridized carbons (Fsp3) is 0.0769. The van der Waals surface area contributed by atoms with Crippen LogP contribution in [0.4, 0.5) is 22.7 Å². The molecule has 3 heteroatoms. The van der Waals surface area contributed by atoms with Crippen molar-refractivity contribution in [1.29, 1.82) is 0 Å². The lowest BCUT2D eigenvalue weighted by Crippen LogP contribution is -1.97. The Labute approximate surface area is 95.1 Å². The van der Waals surface area contributed by atoms with Crippen molar-refractivity contribution in [3.8, 4) is 0 Å². The molecule has 0 heterocycles. The Kier molecular flexibility index (Phi) is 2.68. The Hall–Kier alpha value is -2.16. The van der Waals surface area contributed by atoms with Crippen LogP contribution in [0.25, 0.3) is 0 Å². The summed E-state index contributed by atoms with van der Waals surface area (Å²) in [5.74, 6) is 0. The smallest absolute Gasteiger partial charge is 0.0619 e. The third kappa shape index (κ3) is 2.25. The zero-order valence-corrected chi connectivity index (χ0v) is 9.20. The largest absolute Gasteiger partial charge is 0.399 e. The summed E-state index contributed by atoms with van der Waals surface area (Å²) < 4.78 is 0. The second-order valence-corrected chi connectivity index (χ2v) is 3.84. The fourth-order valence-corrected chi connectivity index (χ4v) is 1.57. The minimum atomic E-state index is 0.654. The Balaban J connectivity index is 2.27. The van der Waals surface area contributed by atoms with Gasteiger partial charge in [-0.3, -0.25) is 0 Å². The molecule has 0 saturated carbocycles. The zero-order valence-electron chi connectivity index (χ0n) is 9.20. The number of rotatable bonds is 2. The van der Waals surface area contributed by atoms with Gasteiger partial charge in [0.2, 0.25) is 0 Å². The summed E-state index contributed by atoms with van der Waals surface area (Å²) in [6.45, 7) is 2.05. The van der Waals surface area contributed by atoms with Gasteiger partial charge in [-0.05, 0) is 42.8 Å². The summed E-state index contributed by atoms with van der Waals surface area (Å²) in [4.78, 5) is 0. The minimum Gasteiger partial charge on any atom is -0.399 e. The highest BCUT2D eigenvalue weighted by Crippen LogP contribution is 2.25. The fourth-order valence-electron chi connectivity index (χ4n) is 1.57. The highest BCUT2D eigenvalue weighted by molar-refractivity contribution is 5.75. The predicted octanol–water partition coefficient (Wildman–Crippen LogP) is 2.90. The van der Waals surface area contributed by atoms with Gasteiger partial charge in [-0.2, -0.15) is 0 Å². The van der Waals surface area contributed by atoms with Gasteiger partial charge < -0.3 is 16.8 Å². The van der Waals surface area contributed by atoms with Crippen molar-refractivity contribution in [2.75, 3.05) is 16.8 Å². The Morgan fingerprint density at radius 1 is 1.00 bits per heavy atom. The first kappa shape index (κ1) is 10.4. The second-order valence-electron chi connectivity index (χ2n) is 3.84. The van der Waals surface area contributed by atoms with E-state index in [9.17, 15) is 0 Å². The van der Waals surface area contributed by atoms with Crippen LogP contribution in [-0.4, -0.2) is 0 Å². The van der Waals surface area contributed by atoms with Crippen molar-refractivity contribution in [2.45, 2.75) is 6.92 Å². The molecular formula is C13H15N3. The van der Waals surface area contributed by atoms with Gasteiger partial charge in [-0.25, -0.2) is 0 Å². The van der Waals surface area contributed by atoms with Crippen molar-refractivity contribution < 1.29 is 0 Å². The van der Waals surface area contributed by atoms with E-state index in [1.54, 1.807) is 6.07 Å². The normalized spacial score (nSPS) is 10.1. The van der Waals surface area contributed by atoms with Gasteiger partial charge in [-0.15, -0.1) is 0 Å². The van der Waals surface area contributed by atoms with Crippen LogP contribution in [0, 0.1) is 6.92 Å². The van der Waals surface area contributed by atoms with E-state index in [0.717, 1.165) is 11.4 Å². The van der Waals surface area contributed by atoms with E-state index < -0.39 is 0 Å². The molecule has 2 aromatic rings. The number of benzene rings is 2. The van der Waals surface area contributed by atoms with Crippen LogP contribution in [0.3, 0.4) is 0 Å². The monoisotopic (exact) mass is 213 g/mol. The van der Waals surface area contributed by atoms with Gasteiger partial charge in [0.25, 0.3) is 0 Å². The first-order valence-electron chi connectivity index (χ1n) is 5.14. The van der Waals surface area contributed by atoms with Crippen LogP contribution in [0.5, 0.6) is 0 Å². The highest BCUT2D eigenvalue weighted by Gasteiger charge is 1.99. The average Bonchev–Trinajstić information content (AvgIpc) is 2.22.